The molecule has 1 rings (SSSR count). The van der Waals surface area contributed by atoms with E-state index in [1.807, 2.05) is 0 Å². The van der Waals surface area contributed by atoms with Gasteiger partial charge in [-0.05, 0) is 12.0 Å². The quantitative estimate of drug-likeness (QED) is 0.176. The van der Waals surface area contributed by atoms with Gasteiger partial charge >= 0.3 is 11.9 Å². The van der Waals surface area contributed by atoms with E-state index in [0.717, 1.165) is 5.56 Å². The third kappa shape index (κ3) is 9.96. The molecule has 3 amide bonds. The van der Waals surface area contributed by atoms with Crippen LogP contribution in [0.5, 0.6) is 0 Å². The Morgan fingerprint density at radius 2 is 1.52 bits per heavy atom. The van der Waals surface area contributed by atoms with E-state index in [1.165, 1.54) is 0 Å². The van der Waals surface area contributed by atoms with Crippen LogP contribution in [0, 0.1) is 0 Å². The molecule has 0 heterocycles. The smallest absolute Gasteiger partial charge is 0.322 e. The van der Waals surface area contributed by atoms with Gasteiger partial charge < -0.3 is 31.9 Å². The molecule has 0 spiro atoms. The first-order chi connectivity index (χ1) is 14.6. The predicted octanol–water partition coefficient (Wildman–Crippen LogP) is -1.48. The zero-order valence-electron chi connectivity index (χ0n) is 16.6. The summed E-state index contributed by atoms with van der Waals surface area (Å²) in [6, 6.07) is 5.39. The van der Waals surface area contributed by atoms with E-state index in [4.69, 9.17) is 15.9 Å². The van der Waals surface area contributed by atoms with E-state index in [-0.39, 0.29) is 25.0 Å². The van der Waals surface area contributed by atoms with Gasteiger partial charge in [0.2, 0.25) is 17.7 Å². The summed E-state index contributed by atoms with van der Waals surface area (Å²) in [5.41, 5.74) is 6.43. The highest BCUT2D eigenvalue weighted by molar-refractivity contribution is 7.80. The number of carboxylic acid groups (broad SMARTS) is 2. The molecule has 31 heavy (non-hydrogen) atoms. The van der Waals surface area contributed by atoms with Gasteiger partial charge in [0.05, 0.1) is 6.04 Å². The summed E-state index contributed by atoms with van der Waals surface area (Å²) in [7, 11) is 0. The SMILES string of the molecule is NC(CCC(=O)O)C(=O)NC(Cc1ccccc1)C(=O)NC(CS)C(=O)NCC(=O)O. The van der Waals surface area contributed by atoms with Crippen LogP contribution in [0.3, 0.4) is 0 Å². The second-order valence-corrected chi connectivity index (χ2v) is 7.01. The van der Waals surface area contributed by atoms with Gasteiger partial charge in [-0.1, -0.05) is 30.3 Å². The van der Waals surface area contributed by atoms with Crippen LogP contribution in [0.2, 0.25) is 0 Å². The lowest BCUT2D eigenvalue weighted by Crippen LogP contribution is -2.57. The lowest BCUT2D eigenvalue weighted by atomic mass is 10.0. The van der Waals surface area contributed by atoms with Gasteiger partial charge in [0.1, 0.15) is 18.6 Å². The molecule has 0 bridgehead atoms. The minimum Gasteiger partial charge on any atom is -0.481 e. The summed E-state index contributed by atoms with van der Waals surface area (Å²) < 4.78 is 0. The lowest BCUT2D eigenvalue weighted by Gasteiger charge is -2.23. The average molecular weight is 455 g/mol. The van der Waals surface area contributed by atoms with Crippen molar-refractivity contribution in [1.29, 1.82) is 0 Å². The van der Waals surface area contributed by atoms with Crippen molar-refractivity contribution in [2.45, 2.75) is 37.4 Å². The van der Waals surface area contributed by atoms with Crippen molar-refractivity contribution in [2.75, 3.05) is 12.3 Å². The Labute approximate surface area is 184 Å². The van der Waals surface area contributed by atoms with E-state index in [1.54, 1.807) is 30.3 Å². The van der Waals surface area contributed by atoms with Crippen LogP contribution >= 0.6 is 12.6 Å². The standard InChI is InChI=1S/C19H26N4O7S/c20-12(6-7-15(24)25)17(28)22-13(8-11-4-2-1-3-5-11)19(30)23-14(10-31)18(29)21-9-16(26)27/h1-5,12-14,31H,6-10,20H2,(H,21,29)(H,22,28)(H,23,30)(H,24,25)(H,26,27). The fraction of sp³-hybridized carbons (Fsp3) is 0.421. The molecule has 0 radical (unpaired) electrons. The number of thiol groups is 1. The van der Waals surface area contributed by atoms with E-state index in [2.05, 4.69) is 28.6 Å². The van der Waals surface area contributed by atoms with Gasteiger partial charge in [0, 0.05) is 18.6 Å². The van der Waals surface area contributed by atoms with Gasteiger partial charge in [-0.2, -0.15) is 12.6 Å². The summed E-state index contributed by atoms with van der Waals surface area (Å²) in [5.74, 6) is -4.62. The van der Waals surface area contributed by atoms with Crippen LogP contribution in [0.4, 0.5) is 0 Å². The van der Waals surface area contributed by atoms with E-state index in [9.17, 15) is 24.0 Å². The molecule has 12 heteroatoms. The molecule has 0 aromatic heterocycles. The van der Waals surface area contributed by atoms with E-state index >= 15 is 0 Å². The summed E-state index contributed by atoms with van der Waals surface area (Å²) in [6.07, 6.45) is -0.340. The van der Waals surface area contributed by atoms with Crippen molar-refractivity contribution in [3.8, 4) is 0 Å². The first kappa shape index (κ1) is 25.9. The highest BCUT2D eigenvalue weighted by Gasteiger charge is 2.28. The third-order valence-electron chi connectivity index (χ3n) is 4.15. The topological polar surface area (TPSA) is 188 Å². The molecule has 1 aromatic rings. The van der Waals surface area contributed by atoms with Gasteiger partial charge in [0.25, 0.3) is 0 Å². The molecule has 0 aliphatic heterocycles. The molecule has 7 N–H and O–H groups in total. The molecular formula is C19H26N4O7S. The van der Waals surface area contributed by atoms with Crippen LogP contribution in [0.15, 0.2) is 30.3 Å². The van der Waals surface area contributed by atoms with Crippen LogP contribution in [0.25, 0.3) is 0 Å². The largest absolute Gasteiger partial charge is 0.481 e. The van der Waals surface area contributed by atoms with Crippen molar-refractivity contribution >= 4 is 42.3 Å². The Bertz CT molecular complexity index is 791. The number of rotatable bonds is 13. The minimum absolute atomic E-state index is 0.0834. The van der Waals surface area contributed by atoms with Crippen LogP contribution in [-0.4, -0.2) is 70.3 Å². The minimum atomic E-state index is -1.25. The maximum Gasteiger partial charge on any atom is 0.322 e. The number of carboxylic acids is 2. The molecule has 0 fully saturated rings. The Hall–Kier alpha value is -3.12. The maximum atomic E-state index is 12.8. The normalized spacial score (nSPS) is 13.4. The number of carbonyl (C=O) groups is 5. The summed E-state index contributed by atoms with van der Waals surface area (Å²) >= 11 is 4.01. The highest BCUT2D eigenvalue weighted by Crippen LogP contribution is 2.05. The summed E-state index contributed by atoms with van der Waals surface area (Å²) in [4.78, 5) is 58.5. The van der Waals surface area contributed by atoms with Crippen molar-refractivity contribution in [3.05, 3.63) is 35.9 Å². The second kappa shape index (κ2) is 13.2. The molecule has 0 saturated carbocycles. The Morgan fingerprint density at radius 1 is 0.903 bits per heavy atom. The second-order valence-electron chi connectivity index (χ2n) is 6.65. The van der Waals surface area contributed by atoms with Gasteiger partial charge in [0.15, 0.2) is 0 Å². The van der Waals surface area contributed by atoms with Crippen molar-refractivity contribution in [1.82, 2.24) is 16.0 Å². The number of carbonyl (C=O) groups excluding carboxylic acids is 3. The number of hydrogen-bond acceptors (Lipinski definition) is 7. The first-order valence-electron chi connectivity index (χ1n) is 9.36. The monoisotopic (exact) mass is 454 g/mol. The molecule has 1 aromatic carbocycles. The van der Waals surface area contributed by atoms with Crippen molar-refractivity contribution in [2.24, 2.45) is 5.73 Å². The first-order valence-corrected chi connectivity index (χ1v) is 9.99. The van der Waals surface area contributed by atoms with Gasteiger partial charge in [-0.25, -0.2) is 0 Å². The Balaban J connectivity index is 2.89. The number of nitrogens with one attached hydrogen (secondary N) is 3. The molecule has 0 aliphatic rings. The molecule has 0 aliphatic carbocycles. The number of aliphatic carboxylic acids is 2. The fourth-order valence-electron chi connectivity index (χ4n) is 2.50. The summed E-state index contributed by atoms with van der Waals surface area (Å²) in [6.45, 7) is -0.623. The molecule has 11 nitrogen and oxygen atoms in total. The Kier molecular flexibility index (Phi) is 11.1. The molecular weight excluding hydrogens is 428 g/mol. The zero-order valence-corrected chi connectivity index (χ0v) is 17.5. The van der Waals surface area contributed by atoms with Gasteiger partial charge in [-0.3, -0.25) is 24.0 Å². The fourth-order valence-corrected chi connectivity index (χ4v) is 2.76. The maximum absolute atomic E-state index is 12.8. The molecule has 170 valence electrons. The summed E-state index contributed by atoms with van der Waals surface area (Å²) in [5, 5.41) is 24.5. The highest BCUT2D eigenvalue weighted by atomic mass is 32.1. The van der Waals surface area contributed by atoms with Gasteiger partial charge in [-0.15, -0.1) is 0 Å². The lowest BCUT2D eigenvalue weighted by molar-refractivity contribution is -0.139. The molecule has 3 atom stereocenters. The van der Waals surface area contributed by atoms with Crippen LogP contribution in [0.1, 0.15) is 18.4 Å². The Morgan fingerprint density at radius 3 is 2.06 bits per heavy atom. The van der Waals surface area contributed by atoms with E-state index in [0.29, 0.717) is 0 Å². The predicted molar refractivity (Wildman–Crippen MR) is 113 cm³/mol. The zero-order chi connectivity index (χ0) is 23.4. The van der Waals surface area contributed by atoms with Crippen molar-refractivity contribution < 1.29 is 34.2 Å². The third-order valence-corrected chi connectivity index (χ3v) is 4.52. The molecule has 0 saturated heterocycles. The van der Waals surface area contributed by atoms with E-state index < -0.39 is 54.3 Å². The van der Waals surface area contributed by atoms with Crippen LogP contribution in [-0.2, 0) is 30.4 Å². The number of hydrogen-bond donors (Lipinski definition) is 7. The number of nitrogens with two attached hydrogens (primary N) is 1. The average Bonchev–Trinajstić information content (AvgIpc) is 2.73. The molecule has 3 unspecified atom stereocenters. The van der Waals surface area contributed by atoms with Crippen molar-refractivity contribution in [3.63, 3.8) is 0 Å². The van der Waals surface area contributed by atoms with Crippen LogP contribution < -0.4 is 21.7 Å². The number of benzene rings is 1. The number of amides is 3.